The summed E-state index contributed by atoms with van der Waals surface area (Å²) in [5.74, 6) is 0.197. The van der Waals surface area contributed by atoms with Gasteiger partial charge in [0.1, 0.15) is 5.75 Å². The van der Waals surface area contributed by atoms with Gasteiger partial charge in [-0.1, -0.05) is 61.7 Å². The molecule has 0 aromatic heterocycles. The zero-order chi connectivity index (χ0) is 23.5. The smallest absolute Gasteiger partial charge is 0.426 e. The number of nitrogens with zero attached hydrogens (tertiary/aromatic N) is 1. The van der Waals surface area contributed by atoms with Crippen molar-refractivity contribution >= 4 is 12.0 Å². The lowest BCUT2D eigenvalue weighted by Gasteiger charge is -2.31. The van der Waals surface area contributed by atoms with Crippen LogP contribution in [0.1, 0.15) is 49.7 Å². The first-order chi connectivity index (χ1) is 16.0. The van der Waals surface area contributed by atoms with E-state index in [4.69, 9.17) is 4.74 Å². The van der Waals surface area contributed by atoms with Crippen molar-refractivity contribution in [2.45, 2.75) is 57.4 Å². The summed E-state index contributed by atoms with van der Waals surface area (Å²) in [6.45, 7) is 0.000487. The van der Waals surface area contributed by atoms with Crippen molar-refractivity contribution in [2.75, 3.05) is 13.2 Å². The maximum Gasteiger partial charge on any atom is 0.426 e. The average molecular weight is 455 g/mol. The van der Waals surface area contributed by atoms with Gasteiger partial charge in [0.05, 0.1) is 19.3 Å². The molecule has 0 aliphatic heterocycles. The predicted molar refractivity (Wildman–Crippen MR) is 125 cm³/mol. The molecule has 0 saturated heterocycles. The van der Waals surface area contributed by atoms with Gasteiger partial charge in [-0.3, -0.25) is 4.79 Å². The molecule has 1 atom stereocenters. The molecule has 1 saturated carbocycles. The highest BCUT2D eigenvalue weighted by atomic mass is 16.6. The number of phenolic OH excluding ortho intramolecular Hbond substituents is 1. The van der Waals surface area contributed by atoms with E-state index in [9.17, 15) is 19.8 Å². The van der Waals surface area contributed by atoms with E-state index >= 15 is 0 Å². The molecule has 0 unspecified atom stereocenters. The molecule has 1 aliphatic carbocycles. The van der Waals surface area contributed by atoms with E-state index in [1.807, 2.05) is 30.3 Å². The molecule has 0 bridgehead atoms. The van der Waals surface area contributed by atoms with Crippen LogP contribution in [0.15, 0.2) is 54.6 Å². The molecule has 1 fully saturated rings. The van der Waals surface area contributed by atoms with Crippen molar-refractivity contribution in [3.8, 4) is 5.75 Å². The molecule has 0 heterocycles. The lowest BCUT2D eigenvalue weighted by Crippen LogP contribution is -2.54. The minimum Gasteiger partial charge on any atom is -0.508 e. The molecule has 2 aromatic carbocycles. The van der Waals surface area contributed by atoms with Crippen molar-refractivity contribution in [1.29, 1.82) is 0 Å². The minimum atomic E-state index is -0.683. The third-order valence-electron chi connectivity index (χ3n) is 6.11. The van der Waals surface area contributed by atoms with E-state index in [1.54, 1.807) is 24.3 Å². The molecule has 1 aliphatic rings. The maximum absolute atomic E-state index is 13.1. The third kappa shape index (κ3) is 8.09. The summed E-state index contributed by atoms with van der Waals surface area (Å²) < 4.78 is 5.43. The summed E-state index contributed by atoms with van der Waals surface area (Å²) in [6.07, 6.45) is 5.96. The summed E-state index contributed by atoms with van der Waals surface area (Å²) in [5.41, 5.74) is 4.43. The van der Waals surface area contributed by atoms with Gasteiger partial charge in [-0.05, 0) is 54.9 Å². The van der Waals surface area contributed by atoms with Crippen molar-refractivity contribution in [3.63, 3.8) is 0 Å². The summed E-state index contributed by atoms with van der Waals surface area (Å²) in [4.78, 5) is 25.7. The fourth-order valence-electron chi connectivity index (χ4n) is 4.19. The Hall–Kier alpha value is -3.06. The Bertz CT molecular complexity index is 866. The van der Waals surface area contributed by atoms with Crippen LogP contribution in [0.5, 0.6) is 5.75 Å². The highest BCUT2D eigenvalue weighted by molar-refractivity contribution is 5.80. The van der Waals surface area contributed by atoms with Gasteiger partial charge >= 0.3 is 6.09 Å². The van der Waals surface area contributed by atoms with Gasteiger partial charge in [0.15, 0.2) is 0 Å². The molecular formula is C26H34N2O5. The largest absolute Gasteiger partial charge is 0.508 e. The number of hydrogen-bond acceptors (Lipinski definition) is 5. The highest BCUT2D eigenvalue weighted by Crippen LogP contribution is 2.23. The average Bonchev–Trinajstić information content (AvgIpc) is 2.86. The molecule has 0 radical (unpaired) electrons. The summed E-state index contributed by atoms with van der Waals surface area (Å²) >= 11 is 0. The van der Waals surface area contributed by atoms with Crippen LogP contribution >= 0.6 is 0 Å². The predicted octanol–water partition coefficient (Wildman–Crippen LogP) is 3.98. The quantitative estimate of drug-likeness (QED) is 0.498. The van der Waals surface area contributed by atoms with E-state index in [0.29, 0.717) is 25.4 Å². The Balaban J connectivity index is 1.65. The molecule has 0 spiro atoms. The van der Waals surface area contributed by atoms with Gasteiger partial charge in [0, 0.05) is 6.42 Å². The molecular weight excluding hydrogens is 420 g/mol. The first kappa shape index (κ1) is 24.6. The molecule has 2 amide bonds. The minimum absolute atomic E-state index is 0.138. The zero-order valence-corrected chi connectivity index (χ0v) is 19.0. The van der Waals surface area contributed by atoms with Gasteiger partial charge in [0.25, 0.3) is 0 Å². The van der Waals surface area contributed by atoms with Crippen molar-refractivity contribution in [2.24, 2.45) is 5.92 Å². The van der Waals surface area contributed by atoms with Crippen LogP contribution < -0.4 is 5.43 Å². The zero-order valence-electron chi connectivity index (χ0n) is 19.0. The number of nitrogens with one attached hydrogen (secondary N) is 1. The van der Waals surface area contributed by atoms with E-state index < -0.39 is 12.1 Å². The van der Waals surface area contributed by atoms with Crippen LogP contribution in [-0.4, -0.2) is 46.5 Å². The number of hydrazine groups is 1. The molecule has 33 heavy (non-hydrogen) atoms. The Morgan fingerprint density at radius 2 is 1.70 bits per heavy atom. The number of aliphatic hydroxyl groups is 1. The van der Waals surface area contributed by atoms with Crippen LogP contribution in [0.3, 0.4) is 0 Å². The normalized spacial score (nSPS) is 14.9. The van der Waals surface area contributed by atoms with E-state index in [2.05, 4.69) is 5.43 Å². The summed E-state index contributed by atoms with van der Waals surface area (Å²) in [7, 11) is 0. The lowest BCUT2D eigenvalue weighted by molar-refractivity contribution is -0.138. The fourth-order valence-corrected chi connectivity index (χ4v) is 4.19. The van der Waals surface area contributed by atoms with Gasteiger partial charge in [-0.2, -0.15) is 0 Å². The number of aryl methyl sites for hydroxylation is 1. The van der Waals surface area contributed by atoms with E-state index in [-0.39, 0.29) is 24.7 Å². The van der Waals surface area contributed by atoms with Crippen LogP contribution in [0.25, 0.3) is 0 Å². The molecule has 2 aromatic rings. The summed E-state index contributed by atoms with van der Waals surface area (Å²) in [6, 6.07) is 15.5. The number of aliphatic hydroxyl groups excluding tert-OH is 1. The number of benzene rings is 2. The van der Waals surface area contributed by atoms with Gasteiger partial charge in [-0.15, -0.1) is 0 Å². The number of ether oxygens (including phenoxy) is 1. The van der Waals surface area contributed by atoms with Gasteiger partial charge in [0.2, 0.25) is 5.91 Å². The maximum atomic E-state index is 13.1. The monoisotopic (exact) mass is 454 g/mol. The second kappa shape index (κ2) is 12.8. The SMILES string of the molecule is O=C(NN(C(=O)CCc1ccccc1)[C@H](CO)Cc1ccc(O)cc1)OCC1CCCCC1. The highest BCUT2D eigenvalue weighted by Gasteiger charge is 2.26. The first-order valence-electron chi connectivity index (χ1n) is 11.7. The molecule has 7 nitrogen and oxygen atoms in total. The number of phenols is 1. The van der Waals surface area contributed by atoms with E-state index in [1.165, 1.54) is 11.4 Å². The molecule has 3 N–H and O–H groups in total. The fraction of sp³-hybridized carbons (Fsp3) is 0.462. The molecule has 3 rings (SSSR count). The van der Waals surface area contributed by atoms with Crippen LogP contribution in [0.4, 0.5) is 4.79 Å². The second-order valence-electron chi connectivity index (χ2n) is 8.67. The second-order valence-corrected chi connectivity index (χ2v) is 8.67. The van der Waals surface area contributed by atoms with Crippen LogP contribution in [-0.2, 0) is 22.4 Å². The van der Waals surface area contributed by atoms with Crippen molar-refractivity contribution < 1.29 is 24.5 Å². The number of hydrogen-bond donors (Lipinski definition) is 3. The Labute approximate surface area is 195 Å². The number of carbonyl (C=O) groups is 2. The van der Waals surface area contributed by atoms with E-state index in [0.717, 1.165) is 36.8 Å². The molecule has 7 heteroatoms. The van der Waals surface area contributed by atoms with Gasteiger partial charge in [-0.25, -0.2) is 15.2 Å². The Morgan fingerprint density at radius 1 is 1.00 bits per heavy atom. The topological polar surface area (TPSA) is 99.1 Å². The standard InChI is InChI=1S/C26H34N2O5/c29-18-23(17-21-11-14-24(30)15-12-21)28(25(31)16-13-20-7-3-1-4-8-20)27-26(32)33-19-22-9-5-2-6-10-22/h1,3-4,7-8,11-12,14-15,22-23,29-30H,2,5-6,9-10,13,16-19H2,(H,27,32)/t23-/m0/s1. The van der Waals surface area contributed by atoms with Crippen molar-refractivity contribution in [3.05, 3.63) is 65.7 Å². The Kier molecular flexibility index (Phi) is 9.57. The first-order valence-corrected chi connectivity index (χ1v) is 11.7. The Morgan fingerprint density at radius 3 is 2.36 bits per heavy atom. The summed E-state index contributed by atoms with van der Waals surface area (Å²) in [5, 5.41) is 20.8. The number of rotatable bonds is 9. The van der Waals surface area contributed by atoms with Crippen molar-refractivity contribution in [1.82, 2.24) is 10.4 Å². The third-order valence-corrected chi connectivity index (χ3v) is 6.11. The van der Waals surface area contributed by atoms with Crippen LogP contribution in [0, 0.1) is 5.92 Å². The number of carbonyl (C=O) groups excluding carboxylic acids is 2. The van der Waals surface area contributed by atoms with Crippen LogP contribution in [0.2, 0.25) is 0 Å². The van der Waals surface area contributed by atoms with Gasteiger partial charge < -0.3 is 14.9 Å². The number of aromatic hydroxyl groups is 1. The molecule has 178 valence electrons. The number of amides is 2. The lowest BCUT2D eigenvalue weighted by atomic mass is 9.90.